The minimum atomic E-state index is -0.439. The summed E-state index contributed by atoms with van der Waals surface area (Å²) in [7, 11) is 0. The van der Waals surface area contributed by atoms with E-state index in [4.69, 9.17) is 0 Å². The van der Waals surface area contributed by atoms with E-state index >= 15 is 0 Å². The normalized spacial score (nSPS) is 16.0. The van der Waals surface area contributed by atoms with Crippen molar-refractivity contribution in [1.82, 2.24) is 14.9 Å². The van der Waals surface area contributed by atoms with Crippen LogP contribution in [-0.4, -0.2) is 45.1 Å². The second-order valence-electron chi connectivity index (χ2n) is 7.28. The minimum Gasteiger partial charge on any atom is -0.391 e. The highest BCUT2D eigenvalue weighted by atomic mass is 16.3. The lowest BCUT2D eigenvalue weighted by atomic mass is 10.1. The Morgan fingerprint density at radius 3 is 2.53 bits per heavy atom. The van der Waals surface area contributed by atoms with Crippen molar-refractivity contribution < 1.29 is 9.90 Å². The third-order valence-corrected chi connectivity index (χ3v) is 5.36. The van der Waals surface area contributed by atoms with Crippen molar-refractivity contribution in [3.63, 3.8) is 0 Å². The molecule has 4 aromatic rings. The van der Waals surface area contributed by atoms with Crippen LogP contribution in [0, 0.1) is 0 Å². The molecule has 154 valence electrons. The molecule has 1 aliphatic heterocycles. The lowest BCUT2D eigenvalue weighted by Crippen LogP contribution is -2.29. The van der Waals surface area contributed by atoms with E-state index in [0.29, 0.717) is 36.3 Å². The summed E-state index contributed by atoms with van der Waals surface area (Å²) in [5.41, 5.74) is 3.36. The van der Waals surface area contributed by atoms with Crippen LogP contribution >= 0.6 is 0 Å². The van der Waals surface area contributed by atoms with Gasteiger partial charge in [0.15, 0.2) is 0 Å². The average Bonchev–Trinajstić information content (AvgIpc) is 3.39. The molecule has 5 rings (SSSR count). The number of nitrogens with zero attached hydrogens (tertiary/aromatic N) is 1. The molecule has 0 spiro atoms. The Morgan fingerprint density at radius 2 is 1.77 bits per heavy atom. The molecule has 30 heavy (non-hydrogen) atoms. The van der Waals surface area contributed by atoms with E-state index in [2.05, 4.69) is 9.97 Å². The van der Waals surface area contributed by atoms with E-state index in [1.165, 1.54) is 0 Å². The molecule has 1 atom stereocenters. The van der Waals surface area contributed by atoms with Crippen LogP contribution in [0.3, 0.4) is 0 Å². The molecule has 1 unspecified atom stereocenters. The molecule has 1 amide bonds. The van der Waals surface area contributed by atoms with E-state index < -0.39 is 6.10 Å². The molecule has 2 aromatic carbocycles. The number of fused-ring (bicyclic) bond motifs is 2. The maximum atomic E-state index is 12.7. The highest BCUT2D eigenvalue weighted by Crippen LogP contribution is 2.25. The van der Waals surface area contributed by atoms with Crippen molar-refractivity contribution in [2.75, 3.05) is 13.1 Å². The molecule has 0 saturated carbocycles. The van der Waals surface area contributed by atoms with Crippen LogP contribution < -0.4 is 5.56 Å². The second-order valence-corrected chi connectivity index (χ2v) is 7.28. The molecular formula is C24H25N3O3. The molecule has 1 saturated heterocycles. The first-order chi connectivity index (χ1) is 14.6. The molecule has 1 aliphatic rings. The van der Waals surface area contributed by atoms with Crippen molar-refractivity contribution in [3.8, 4) is 11.3 Å². The summed E-state index contributed by atoms with van der Waals surface area (Å²) in [5, 5.41) is 11.5. The van der Waals surface area contributed by atoms with Gasteiger partial charge >= 0.3 is 0 Å². The van der Waals surface area contributed by atoms with Crippen LogP contribution in [0.4, 0.5) is 0 Å². The van der Waals surface area contributed by atoms with Gasteiger partial charge in [-0.3, -0.25) is 9.59 Å². The van der Waals surface area contributed by atoms with Gasteiger partial charge in [0.05, 0.1) is 17.4 Å². The van der Waals surface area contributed by atoms with E-state index in [1.807, 2.05) is 62.4 Å². The van der Waals surface area contributed by atoms with E-state index in [9.17, 15) is 14.7 Å². The number of aliphatic hydroxyl groups excluding tert-OH is 1. The van der Waals surface area contributed by atoms with Crippen LogP contribution in [0.1, 0.15) is 30.6 Å². The molecule has 0 aliphatic carbocycles. The number of aliphatic hydroxyl groups is 1. The first-order valence-corrected chi connectivity index (χ1v) is 10.3. The topological polar surface area (TPSA) is 89.2 Å². The lowest BCUT2D eigenvalue weighted by molar-refractivity contribution is 0.0765. The first kappa shape index (κ1) is 19.9. The lowest BCUT2D eigenvalue weighted by Gasteiger charge is -2.15. The zero-order chi connectivity index (χ0) is 21.3. The number of benzene rings is 2. The number of β-amino-alcohol motifs (C(OH)–C–C–N with tert-alkyl or cyclic N) is 1. The Kier molecular flexibility index (Phi) is 5.42. The second kappa shape index (κ2) is 8.16. The summed E-state index contributed by atoms with van der Waals surface area (Å²) in [4.78, 5) is 33.1. The molecule has 0 radical (unpaired) electrons. The fourth-order valence-corrected chi connectivity index (χ4v) is 3.87. The fraction of sp³-hybridized carbons (Fsp3) is 0.250. The van der Waals surface area contributed by atoms with E-state index in [0.717, 1.165) is 21.8 Å². The van der Waals surface area contributed by atoms with Crippen LogP contribution in [0.2, 0.25) is 0 Å². The number of aromatic nitrogens is 2. The van der Waals surface area contributed by atoms with Crippen molar-refractivity contribution in [1.29, 1.82) is 0 Å². The van der Waals surface area contributed by atoms with Gasteiger partial charge in [-0.25, -0.2) is 0 Å². The zero-order valence-electron chi connectivity index (χ0n) is 17.1. The number of para-hydroxylation sites is 1. The van der Waals surface area contributed by atoms with E-state index in [-0.39, 0.29) is 11.5 Å². The Labute approximate surface area is 174 Å². The van der Waals surface area contributed by atoms with Gasteiger partial charge in [0.1, 0.15) is 0 Å². The number of hydrogen-bond acceptors (Lipinski definition) is 3. The number of amides is 1. The Balaban J connectivity index is 0.00000106. The van der Waals surface area contributed by atoms with Gasteiger partial charge in [-0.2, -0.15) is 0 Å². The molecular weight excluding hydrogens is 378 g/mol. The highest BCUT2D eigenvalue weighted by molar-refractivity contribution is 5.99. The first-order valence-electron chi connectivity index (χ1n) is 10.3. The quantitative estimate of drug-likeness (QED) is 0.474. The van der Waals surface area contributed by atoms with Crippen molar-refractivity contribution >= 4 is 27.7 Å². The monoisotopic (exact) mass is 403 g/mol. The molecule has 2 aromatic heterocycles. The van der Waals surface area contributed by atoms with Crippen molar-refractivity contribution in [2.45, 2.75) is 26.4 Å². The van der Waals surface area contributed by atoms with Gasteiger partial charge < -0.3 is 20.0 Å². The van der Waals surface area contributed by atoms with Crippen molar-refractivity contribution in [2.24, 2.45) is 0 Å². The molecule has 0 bridgehead atoms. The Hall–Kier alpha value is -3.38. The zero-order valence-corrected chi connectivity index (χ0v) is 17.1. The Morgan fingerprint density at radius 1 is 1.00 bits per heavy atom. The van der Waals surface area contributed by atoms with Crippen LogP contribution in [0.15, 0.2) is 59.4 Å². The third kappa shape index (κ3) is 3.62. The molecule has 6 nitrogen and oxygen atoms in total. The predicted octanol–water partition coefficient (Wildman–Crippen LogP) is 3.91. The summed E-state index contributed by atoms with van der Waals surface area (Å²) in [5.74, 6) is -0.0789. The smallest absolute Gasteiger partial charge is 0.257 e. The largest absolute Gasteiger partial charge is 0.391 e. The highest BCUT2D eigenvalue weighted by Gasteiger charge is 2.25. The molecule has 3 N–H and O–H groups in total. The molecule has 1 fully saturated rings. The summed E-state index contributed by atoms with van der Waals surface area (Å²) in [6.45, 7) is 4.95. The number of nitrogens with one attached hydrogen (secondary N) is 2. The number of likely N-dealkylation sites (tertiary alicyclic amines) is 1. The van der Waals surface area contributed by atoms with Crippen molar-refractivity contribution in [3.05, 3.63) is 70.5 Å². The number of H-pyrrole nitrogens is 2. The van der Waals surface area contributed by atoms with Crippen LogP contribution in [0.5, 0.6) is 0 Å². The minimum absolute atomic E-state index is 0.0789. The van der Waals surface area contributed by atoms with Gasteiger partial charge in [0.25, 0.3) is 11.5 Å². The van der Waals surface area contributed by atoms with Gasteiger partial charge in [-0.15, -0.1) is 0 Å². The van der Waals surface area contributed by atoms with Gasteiger partial charge in [-0.05, 0) is 48.2 Å². The maximum Gasteiger partial charge on any atom is 0.257 e. The van der Waals surface area contributed by atoms with Gasteiger partial charge in [0.2, 0.25) is 0 Å². The summed E-state index contributed by atoms with van der Waals surface area (Å²) in [6, 6.07) is 16.9. The Bertz CT molecular complexity index is 1270. The number of carbonyl (C=O) groups is 1. The van der Waals surface area contributed by atoms with Crippen LogP contribution in [0.25, 0.3) is 33.1 Å². The predicted molar refractivity (Wildman–Crippen MR) is 120 cm³/mol. The standard InChI is InChI=1S/C22H19N3O3.C2H6/c26-16-7-8-25(12-16)22(28)14-5-6-19-15(9-14)11-20(23-19)17-10-13-3-1-2-4-18(13)24-21(17)27;1-2/h1-6,9-11,16,23,26H,7-8,12H2,(H,24,27);1-2H3. The number of carbonyl (C=O) groups excluding carboxylic acids is 1. The maximum absolute atomic E-state index is 12.7. The number of pyridine rings is 1. The SMILES string of the molecule is CC.O=C(c1ccc2[nH]c(-c3cc4ccccc4[nH]c3=O)cc2c1)N1CCC(O)C1. The number of hydrogen-bond donors (Lipinski definition) is 3. The molecule has 3 heterocycles. The van der Waals surface area contributed by atoms with Gasteiger partial charge in [-0.1, -0.05) is 32.0 Å². The van der Waals surface area contributed by atoms with Gasteiger partial charge in [0, 0.05) is 35.1 Å². The average molecular weight is 403 g/mol. The molecule has 6 heteroatoms. The summed E-state index contributed by atoms with van der Waals surface area (Å²) < 4.78 is 0. The van der Waals surface area contributed by atoms with E-state index in [1.54, 1.807) is 11.0 Å². The number of aromatic amines is 2. The summed E-state index contributed by atoms with van der Waals surface area (Å²) in [6.07, 6.45) is 0.179. The number of rotatable bonds is 2. The fourth-order valence-electron chi connectivity index (χ4n) is 3.87. The van der Waals surface area contributed by atoms with Crippen LogP contribution in [-0.2, 0) is 0 Å². The summed E-state index contributed by atoms with van der Waals surface area (Å²) >= 11 is 0. The third-order valence-electron chi connectivity index (χ3n) is 5.36.